The van der Waals surface area contributed by atoms with Gasteiger partial charge < -0.3 is 10.3 Å². The van der Waals surface area contributed by atoms with Crippen LogP contribution in [0.25, 0.3) is 11.2 Å². The van der Waals surface area contributed by atoms with Crippen LogP contribution in [0.4, 0.5) is 10.2 Å². The van der Waals surface area contributed by atoms with Crippen molar-refractivity contribution in [1.82, 2.24) is 19.5 Å². The molecule has 156 valence electrons. The summed E-state index contributed by atoms with van der Waals surface area (Å²) in [7, 11) is 0. The number of allylic oxidation sites excluding steroid dienone is 4. The van der Waals surface area contributed by atoms with Crippen LogP contribution in [-0.4, -0.2) is 19.5 Å². The van der Waals surface area contributed by atoms with E-state index < -0.39 is 0 Å². The lowest BCUT2D eigenvalue weighted by atomic mass is 10.0. The predicted molar refractivity (Wildman–Crippen MR) is 121 cm³/mol. The number of nitrogen functional groups attached to an aromatic ring is 1. The zero-order valence-electron chi connectivity index (χ0n) is 16.5. The summed E-state index contributed by atoms with van der Waals surface area (Å²) in [6, 6.07) is 3.97. The number of anilines is 1. The molecule has 0 amide bonds. The fraction of sp³-hybridized carbons (Fsp3) is 0.286. The minimum absolute atomic E-state index is 0.156. The highest BCUT2D eigenvalue weighted by Crippen LogP contribution is 2.37. The summed E-state index contributed by atoms with van der Waals surface area (Å²) >= 11 is 14.1. The number of aromatic nitrogens is 4. The Morgan fingerprint density at radius 2 is 2.00 bits per heavy atom. The average molecular weight is 464 g/mol. The van der Waals surface area contributed by atoms with Gasteiger partial charge in [-0.1, -0.05) is 47.1 Å². The summed E-state index contributed by atoms with van der Waals surface area (Å²) in [5, 5.41) is 1.86. The highest BCUT2D eigenvalue weighted by Gasteiger charge is 2.20. The predicted octanol–water partition coefficient (Wildman–Crippen LogP) is 6.36. The van der Waals surface area contributed by atoms with Crippen LogP contribution in [0.3, 0.4) is 0 Å². The van der Waals surface area contributed by atoms with Crippen LogP contribution in [0.15, 0.2) is 51.0 Å². The van der Waals surface area contributed by atoms with E-state index in [9.17, 15) is 4.39 Å². The lowest BCUT2D eigenvalue weighted by Gasteiger charge is -2.15. The van der Waals surface area contributed by atoms with E-state index in [0.29, 0.717) is 63.6 Å². The van der Waals surface area contributed by atoms with Gasteiger partial charge in [-0.2, -0.15) is 0 Å². The van der Waals surface area contributed by atoms with Crippen molar-refractivity contribution in [3.63, 3.8) is 0 Å². The molecule has 2 heterocycles. The van der Waals surface area contributed by atoms with Crippen LogP contribution < -0.4 is 5.73 Å². The molecule has 0 saturated heterocycles. The first-order valence-corrected chi connectivity index (χ1v) is 11.1. The monoisotopic (exact) mass is 463 g/mol. The number of fused-ring (bicyclic) bond motifs is 1. The maximum atomic E-state index is 14.4. The van der Waals surface area contributed by atoms with Crippen molar-refractivity contribution in [3.8, 4) is 0 Å². The van der Waals surface area contributed by atoms with Gasteiger partial charge >= 0.3 is 0 Å². The van der Waals surface area contributed by atoms with Crippen LogP contribution in [0.1, 0.15) is 30.4 Å². The second-order valence-electron chi connectivity index (χ2n) is 7.17. The fourth-order valence-corrected chi connectivity index (χ4v) is 4.99. The molecule has 2 N–H and O–H groups in total. The van der Waals surface area contributed by atoms with Gasteiger partial charge in [0, 0.05) is 33.5 Å². The lowest BCUT2D eigenvalue weighted by Crippen LogP contribution is -2.05. The number of hydrogen-bond donors (Lipinski definition) is 1. The zero-order chi connectivity index (χ0) is 21.4. The first-order valence-electron chi connectivity index (χ1n) is 9.50. The molecule has 2 aromatic heterocycles. The Hall–Kier alpha value is -2.09. The van der Waals surface area contributed by atoms with E-state index in [0.717, 1.165) is 16.0 Å². The molecule has 0 saturated carbocycles. The molecule has 5 nitrogen and oxygen atoms in total. The fourth-order valence-electron chi connectivity index (χ4n) is 3.44. The number of nitrogens with two attached hydrogens (primary N) is 1. The van der Waals surface area contributed by atoms with Crippen LogP contribution in [0, 0.1) is 13.8 Å². The van der Waals surface area contributed by atoms with E-state index in [2.05, 4.69) is 15.0 Å². The summed E-state index contributed by atoms with van der Waals surface area (Å²) in [4.78, 5) is 14.1. The first-order chi connectivity index (χ1) is 14.3. The molecule has 3 aromatic rings. The Morgan fingerprint density at radius 1 is 1.20 bits per heavy atom. The molecule has 30 heavy (non-hydrogen) atoms. The highest BCUT2D eigenvalue weighted by atomic mass is 35.5. The molecule has 0 spiro atoms. The third-order valence-electron chi connectivity index (χ3n) is 5.07. The van der Waals surface area contributed by atoms with E-state index in [1.165, 1.54) is 18.1 Å². The Balaban J connectivity index is 1.74. The highest BCUT2D eigenvalue weighted by molar-refractivity contribution is 7.99. The number of imidazole rings is 1. The largest absolute Gasteiger partial charge is 0.382 e. The van der Waals surface area contributed by atoms with E-state index in [-0.39, 0.29) is 5.83 Å². The van der Waals surface area contributed by atoms with Crippen molar-refractivity contribution >= 4 is 51.9 Å². The van der Waals surface area contributed by atoms with Gasteiger partial charge in [0.05, 0.1) is 0 Å². The molecule has 9 heteroatoms. The zero-order valence-corrected chi connectivity index (χ0v) is 18.9. The summed E-state index contributed by atoms with van der Waals surface area (Å²) < 4.78 is 16.3. The van der Waals surface area contributed by atoms with Crippen molar-refractivity contribution in [3.05, 3.63) is 57.1 Å². The first kappa shape index (κ1) is 21.2. The smallest absolute Gasteiger partial charge is 0.175 e. The van der Waals surface area contributed by atoms with Gasteiger partial charge in [0.25, 0.3) is 0 Å². The maximum absolute atomic E-state index is 14.4. The maximum Gasteiger partial charge on any atom is 0.175 e. The third-order valence-corrected chi connectivity index (χ3v) is 7.01. The van der Waals surface area contributed by atoms with Crippen LogP contribution in [-0.2, 0) is 6.54 Å². The van der Waals surface area contributed by atoms with Crippen LogP contribution in [0.2, 0.25) is 5.02 Å². The molecule has 0 radical (unpaired) electrons. The van der Waals surface area contributed by atoms with Gasteiger partial charge in [-0.25, -0.2) is 19.3 Å². The Morgan fingerprint density at radius 3 is 2.77 bits per heavy atom. The van der Waals surface area contributed by atoms with Crippen molar-refractivity contribution in [1.29, 1.82) is 0 Å². The van der Waals surface area contributed by atoms with Gasteiger partial charge in [-0.15, -0.1) is 0 Å². The van der Waals surface area contributed by atoms with Gasteiger partial charge in [0.1, 0.15) is 12.2 Å². The van der Waals surface area contributed by atoms with Crippen molar-refractivity contribution in [2.75, 3.05) is 5.73 Å². The average Bonchev–Trinajstić information content (AvgIpc) is 3.04. The minimum atomic E-state index is -0.156. The van der Waals surface area contributed by atoms with Gasteiger partial charge in [0.2, 0.25) is 0 Å². The summed E-state index contributed by atoms with van der Waals surface area (Å²) in [5.74, 6) is 0.150. The molecule has 1 aliphatic rings. The van der Waals surface area contributed by atoms with Crippen molar-refractivity contribution < 1.29 is 4.39 Å². The number of halogens is 3. The van der Waals surface area contributed by atoms with E-state index in [4.69, 9.17) is 28.9 Å². The van der Waals surface area contributed by atoms with Crippen LogP contribution in [0.5, 0.6) is 0 Å². The normalized spacial score (nSPS) is 14.5. The SMILES string of the molecule is Cc1cc(C)c(Sc2nc3c(N)ncnc3n2CCC2=C(F)CCC=C2Cl)cc1Cl. The molecule has 0 fully saturated rings. The third kappa shape index (κ3) is 4.06. The molecular formula is C21H20Cl2FN5S. The Labute approximate surface area is 188 Å². The summed E-state index contributed by atoms with van der Waals surface area (Å²) in [5.41, 5.74) is 9.81. The molecular weight excluding hydrogens is 444 g/mol. The minimum Gasteiger partial charge on any atom is -0.382 e. The molecule has 0 bridgehead atoms. The second-order valence-corrected chi connectivity index (χ2v) is 8.99. The number of aryl methyl sites for hydroxylation is 3. The standard InChI is InChI=1S/C21H20Cl2FN5S/c1-11-8-12(2)17(9-15(11)23)30-21-28-18-19(25)26-10-27-20(18)29(21)7-6-13-14(22)4-3-5-16(13)24/h4,8-10H,3,5-7H2,1-2H3,(H2,25,26,27). The van der Waals surface area contributed by atoms with Crippen molar-refractivity contribution in [2.24, 2.45) is 0 Å². The van der Waals surface area contributed by atoms with Gasteiger partial charge in [-0.05, 0) is 43.9 Å². The van der Waals surface area contributed by atoms with Crippen molar-refractivity contribution in [2.45, 2.75) is 49.7 Å². The molecule has 0 unspecified atom stereocenters. The van der Waals surface area contributed by atoms with E-state index >= 15 is 0 Å². The van der Waals surface area contributed by atoms with Crippen LogP contribution >= 0.6 is 35.0 Å². The van der Waals surface area contributed by atoms with Gasteiger partial charge in [-0.3, -0.25) is 0 Å². The van der Waals surface area contributed by atoms with Gasteiger partial charge in [0.15, 0.2) is 22.1 Å². The number of rotatable bonds is 5. The molecule has 0 aliphatic heterocycles. The number of nitrogens with zero attached hydrogens (tertiary/aromatic N) is 4. The molecule has 4 rings (SSSR count). The van der Waals surface area contributed by atoms with E-state index in [1.807, 2.05) is 36.6 Å². The van der Waals surface area contributed by atoms with E-state index in [1.54, 1.807) is 0 Å². The molecule has 1 aromatic carbocycles. The Bertz CT molecular complexity index is 1200. The number of hydrogen-bond acceptors (Lipinski definition) is 5. The summed E-state index contributed by atoms with van der Waals surface area (Å²) in [6.07, 6.45) is 4.71. The molecule has 1 aliphatic carbocycles. The molecule has 0 atom stereocenters. The number of benzene rings is 1. The Kier molecular flexibility index (Phi) is 6.04. The summed E-state index contributed by atoms with van der Waals surface area (Å²) in [6.45, 7) is 4.46. The topological polar surface area (TPSA) is 69.6 Å². The quantitative estimate of drug-likeness (QED) is 0.476. The lowest BCUT2D eigenvalue weighted by molar-refractivity contribution is 0.556. The second kappa shape index (κ2) is 8.57.